The van der Waals surface area contributed by atoms with Crippen LogP contribution in [0.15, 0.2) is 12.1 Å². The summed E-state index contributed by atoms with van der Waals surface area (Å²) < 4.78 is 5.17. The van der Waals surface area contributed by atoms with Crippen molar-refractivity contribution in [1.29, 1.82) is 5.41 Å². The van der Waals surface area contributed by atoms with Crippen LogP contribution in [0.1, 0.15) is 23.2 Å². The van der Waals surface area contributed by atoms with Crippen molar-refractivity contribution >= 4 is 29.2 Å². The number of benzene rings is 1. The fraction of sp³-hybridized carbons (Fsp3) is 0.429. The van der Waals surface area contributed by atoms with Gasteiger partial charge in [0, 0.05) is 25.2 Å². The Kier molecular flexibility index (Phi) is 4.97. The SMILES string of the molecule is COc1cc(N)c(Cl)cc1C(=O)NCC1CCCN1C(=N)N. The number of hydrogen-bond acceptors (Lipinski definition) is 4. The van der Waals surface area contributed by atoms with E-state index in [0.29, 0.717) is 28.6 Å². The van der Waals surface area contributed by atoms with Gasteiger partial charge in [-0.15, -0.1) is 0 Å². The molecule has 1 saturated heterocycles. The molecule has 0 aliphatic carbocycles. The first-order chi connectivity index (χ1) is 10.4. The Bertz CT molecular complexity index is 593. The third kappa shape index (κ3) is 3.36. The van der Waals surface area contributed by atoms with Crippen LogP contribution in [0.25, 0.3) is 0 Å². The Morgan fingerprint density at radius 3 is 2.95 bits per heavy atom. The molecule has 1 aromatic rings. The Labute approximate surface area is 134 Å². The molecule has 22 heavy (non-hydrogen) atoms. The predicted octanol–water partition coefficient (Wildman–Crippen LogP) is 1.02. The number of likely N-dealkylation sites (tertiary alicyclic amines) is 1. The second-order valence-electron chi connectivity index (χ2n) is 5.16. The zero-order valence-corrected chi connectivity index (χ0v) is 13.1. The molecule has 0 saturated carbocycles. The Morgan fingerprint density at radius 2 is 2.32 bits per heavy atom. The zero-order valence-electron chi connectivity index (χ0n) is 12.4. The summed E-state index contributed by atoms with van der Waals surface area (Å²) in [6, 6.07) is 3.05. The second-order valence-corrected chi connectivity index (χ2v) is 5.57. The lowest BCUT2D eigenvalue weighted by atomic mass is 10.1. The van der Waals surface area contributed by atoms with E-state index in [2.05, 4.69) is 5.32 Å². The van der Waals surface area contributed by atoms with E-state index in [4.69, 9.17) is 33.2 Å². The summed E-state index contributed by atoms with van der Waals surface area (Å²) in [5.41, 5.74) is 11.9. The maximum atomic E-state index is 12.3. The average molecular weight is 326 g/mol. The van der Waals surface area contributed by atoms with E-state index in [-0.39, 0.29) is 17.9 Å². The lowest BCUT2D eigenvalue weighted by Crippen LogP contribution is -2.45. The van der Waals surface area contributed by atoms with Gasteiger partial charge in [-0.1, -0.05) is 11.6 Å². The van der Waals surface area contributed by atoms with Crippen LogP contribution in [-0.2, 0) is 0 Å². The minimum atomic E-state index is -0.297. The molecule has 0 aromatic heterocycles. The highest BCUT2D eigenvalue weighted by Gasteiger charge is 2.26. The van der Waals surface area contributed by atoms with Gasteiger partial charge in [-0.3, -0.25) is 10.2 Å². The van der Waals surface area contributed by atoms with Crippen molar-refractivity contribution in [3.8, 4) is 5.75 Å². The first kappa shape index (κ1) is 16.2. The van der Waals surface area contributed by atoms with Crippen LogP contribution in [0.5, 0.6) is 5.75 Å². The summed E-state index contributed by atoms with van der Waals surface area (Å²) in [6.45, 7) is 1.15. The molecule has 8 heteroatoms. The third-order valence-electron chi connectivity index (χ3n) is 3.75. The smallest absolute Gasteiger partial charge is 0.255 e. The summed E-state index contributed by atoms with van der Waals surface area (Å²) in [4.78, 5) is 14.1. The van der Waals surface area contributed by atoms with Crippen molar-refractivity contribution in [3.05, 3.63) is 22.7 Å². The van der Waals surface area contributed by atoms with Crippen LogP contribution in [0.3, 0.4) is 0 Å². The van der Waals surface area contributed by atoms with E-state index in [1.165, 1.54) is 19.2 Å². The fourth-order valence-electron chi connectivity index (χ4n) is 2.59. The first-order valence-corrected chi connectivity index (χ1v) is 7.33. The van der Waals surface area contributed by atoms with E-state index in [9.17, 15) is 4.79 Å². The lowest BCUT2D eigenvalue weighted by molar-refractivity contribution is 0.0943. The van der Waals surface area contributed by atoms with Gasteiger partial charge in [0.05, 0.1) is 23.4 Å². The van der Waals surface area contributed by atoms with Gasteiger partial charge in [0.1, 0.15) is 5.75 Å². The molecule has 1 amide bonds. The minimum absolute atomic E-state index is 0.0323. The minimum Gasteiger partial charge on any atom is -0.496 e. The average Bonchev–Trinajstić information content (AvgIpc) is 2.95. The van der Waals surface area contributed by atoms with Crippen LogP contribution in [0.2, 0.25) is 5.02 Å². The topological polar surface area (TPSA) is 117 Å². The molecule has 7 nitrogen and oxygen atoms in total. The third-order valence-corrected chi connectivity index (χ3v) is 4.08. The number of carbonyl (C=O) groups excluding carboxylic acids is 1. The van der Waals surface area contributed by atoms with E-state index in [1.807, 2.05) is 0 Å². The predicted molar refractivity (Wildman–Crippen MR) is 86.4 cm³/mol. The van der Waals surface area contributed by atoms with Crippen molar-refractivity contribution in [1.82, 2.24) is 10.2 Å². The molecule has 0 spiro atoms. The Balaban J connectivity index is 2.06. The van der Waals surface area contributed by atoms with Crippen LogP contribution >= 0.6 is 11.6 Å². The van der Waals surface area contributed by atoms with Crippen molar-refractivity contribution in [2.75, 3.05) is 25.9 Å². The van der Waals surface area contributed by atoms with Gasteiger partial charge in [-0.25, -0.2) is 0 Å². The molecule has 120 valence electrons. The van der Waals surface area contributed by atoms with Gasteiger partial charge in [0.2, 0.25) is 0 Å². The molecule has 2 rings (SSSR count). The van der Waals surface area contributed by atoms with Crippen LogP contribution < -0.4 is 21.5 Å². The van der Waals surface area contributed by atoms with Crippen molar-refractivity contribution in [2.45, 2.75) is 18.9 Å². The van der Waals surface area contributed by atoms with Crippen molar-refractivity contribution in [2.24, 2.45) is 5.73 Å². The standard InChI is InChI=1S/C14H20ClN5O2/c1-22-12-6-11(16)10(15)5-9(12)13(21)19-7-8-3-2-4-20(8)14(17)18/h5-6,8H,2-4,7,16H2,1H3,(H3,17,18)(H,19,21). The highest BCUT2D eigenvalue weighted by molar-refractivity contribution is 6.33. The van der Waals surface area contributed by atoms with Gasteiger partial charge < -0.3 is 26.4 Å². The number of nitrogens with zero attached hydrogens (tertiary/aromatic N) is 1. The first-order valence-electron chi connectivity index (χ1n) is 6.96. The monoisotopic (exact) mass is 325 g/mol. The molecule has 1 atom stereocenters. The van der Waals surface area contributed by atoms with Gasteiger partial charge in [-0.2, -0.15) is 0 Å². The largest absolute Gasteiger partial charge is 0.496 e. The lowest BCUT2D eigenvalue weighted by Gasteiger charge is -2.25. The van der Waals surface area contributed by atoms with Crippen molar-refractivity contribution < 1.29 is 9.53 Å². The summed E-state index contributed by atoms with van der Waals surface area (Å²) in [5.74, 6) is 0.105. The molecule has 6 N–H and O–H groups in total. The van der Waals surface area contributed by atoms with E-state index in [0.717, 1.165) is 19.4 Å². The molecule has 1 fully saturated rings. The number of hydrogen-bond donors (Lipinski definition) is 4. The summed E-state index contributed by atoms with van der Waals surface area (Å²) in [6.07, 6.45) is 1.84. The van der Waals surface area contributed by atoms with Crippen molar-refractivity contribution in [3.63, 3.8) is 0 Å². The number of carbonyl (C=O) groups is 1. The molecule has 1 aliphatic heterocycles. The Hall–Kier alpha value is -2.15. The molecule has 1 aromatic carbocycles. The number of methoxy groups -OCH3 is 1. The highest BCUT2D eigenvalue weighted by atomic mass is 35.5. The number of nitrogens with one attached hydrogen (secondary N) is 2. The van der Waals surface area contributed by atoms with Crippen LogP contribution in [-0.4, -0.2) is 43.0 Å². The Morgan fingerprint density at radius 1 is 1.59 bits per heavy atom. The molecule has 1 aliphatic rings. The van der Waals surface area contributed by atoms with Gasteiger partial charge in [0.25, 0.3) is 5.91 Å². The molecule has 1 unspecified atom stereocenters. The quantitative estimate of drug-likeness (QED) is 0.374. The van der Waals surface area contributed by atoms with Gasteiger partial charge in [-0.05, 0) is 18.9 Å². The molecule has 1 heterocycles. The fourth-order valence-corrected chi connectivity index (χ4v) is 2.75. The second kappa shape index (κ2) is 6.74. The van der Waals surface area contributed by atoms with E-state index in [1.54, 1.807) is 4.90 Å². The summed E-state index contributed by atoms with van der Waals surface area (Å²) in [5, 5.41) is 10.7. The molecular weight excluding hydrogens is 306 g/mol. The number of guanidine groups is 1. The normalized spacial score (nSPS) is 17.4. The molecule has 0 bridgehead atoms. The van der Waals surface area contributed by atoms with Crippen LogP contribution in [0.4, 0.5) is 5.69 Å². The number of rotatable bonds is 4. The maximum Gasteiger partial charge on any atom is 0.255 e. The summed E-state index contributed by atoms with van der Waals surface area (Å²) in [7, 11) is 1.47. The van der Waals surface area contributed by atoms with Crippen LogP contribution in [0, 0.1) is 5.41 Å². The number of ether oxygens (including phenoxy) is 1. The van der Waals surface area contributed by atoms with Gasteiger partial charge in [0.15, 0.2) is 5.96 Å². The molecular formula is C14H20ClN5O2. The van der Waals surface area contributed by atoms with E-state index >= 15 is 0 Å². The van der Waals surface area contributed by atoms with E-state index < -0.39 is 0 Å². The maximum absolute atomic E-state index is 12.3. The zero-order chi connectivity index (χ0) is 16.3. The number of anilines is 1. The summed E-state index contributed by atoms with van der Waals surface area (Å²) >= 11 is 5.97. The number of nitrogens with two attached hydrogens (primary N) is 2. The molecule has 0 radical (unpaired) electrons. The van der Waals surface area contributed by atoms with Gasteiger partial charge >= 0.3 is 0 Å². The number of halogens is 1. The number of nitrogen functional groups attached to an aromatic ring is 1. The number of amides is 1. The highest BCUT2D eigenvalue weighted by Crippen LogP contribution is 2.28.